The number of aromatic nitrogens is 1. The lowest BCUT2D eigenvalue weighted by atomic mass is 10.2. The van der Waals surface area contributed by atoms with Crippen LogP contribution in [0.15, 0.2) is 15.1 Å². The molecule has 10 heteroatoms. The number of carbonyl (C=O) groups is 1. The molecule has 0 bridgehead atoms. The summed E-state index contributed by atoms with van der Waals surface area (Å²) in [6, 6.07) is 0. The average molecular weight is 336 g/mol. The Morgan fingerprint density at radius 3 is 3.00 bits per heavy atom. The second kappa shape index (κ2) is 6.39. The first-order valence-electron chi connectivity index (χ1n) is 7.12. The molecule has 3 rings (SSSR count). The number of hydrogen-bond acceptors (Lipinski definition) is 7. The Morgan fingerprint density at radius 1 is 1.43 bits per heavy atom. The lowest BCUT2D eigenvalue weighted by molar-refractivity contribution is 0.00467. The number of amides is 1. The minimum absolute atomic E-state index is 0.00755. The van der Waals surface area contributed by atoms with Gasteiger partial charge in [0.05, 0.1) is 6.10 Å². The van der Waals surface area contributed by atoms with Gasteiger partial charge < -0.3 is 21.2 Å². The highest BCUT2D eigenvalue weighted by molar-refractivity contribution is 7.12. The van der Waals surface area contributed by atoms with Crippen LogP contribution in [0.4, 0.5) is 5.82 Å². The Hall–Kier alpha value is -2.38. The Bertz CT molecular complexity index is 758. The summed E-state index contributed by atoms with van der Waals surface area (Å²) < 4.78 is 7.37. The third kappa shape index (κ3) is 2.93. The number of anilines is 1. The summed E-state index contributed by atoms with van der Waals surface area (Å²) in [5.41, 5.74) is 0. The predicted octanol–water partition coefficient (Wildman–Crippen LogP) is 0.766. The average Bonchev–Trinajstić information content (AvgIpc) is 3.09. The molecule has 3 atom stereocenters. The highest BCUT2D eigenvalue weighted by Crippen LogP contribution is 2.34. The maximum atomic E-state index is 12.3. The second-order valence-electron chi connectivity index (χ2n) is 5.09. The van der Waals surface area contributed by atoms with Crippen LogP contribution in [0.25, 0.3) is 0 Å². The topological polar surface area (TPSA) is 123 Å². The number of carbonyl (C=O) groups excluding carboxylic acids is 1. The maximum Gasteiger partial charge on any atom is 0.311 e. The third-order valence-electron chi connectivity index (χ3n) is 3.65. The van der Waals surface area contributed by atoms with Gasteiger partial charge in [-0.1, -0.05) is 16.6 Å². The van der Waals surface area contributed by atoms with Crippen molar-refractivity contribution in [2.24, 2.45) is 16.2 Å². The first-order chi connectivity index (χ1) is 11.1. The highest BCUT2D eigenvalue weighted by Gasteiger charge is 2.35. The first-order valence-corrected chi connectivity index (χ1v) is 7.93. The van der Waals surface area contributed by atoms with Crippen molar-refractivity contribution in [1.82, 2.24) is 9.88 Å². The summed E-state index contributed by atoms with van der Waals surface area (Å²) in [6.07, 6.45) is 0.904. The van der Waals surface area contributed by atoms with Crippen molar-refractivity contribution in [3.8, 4) is 11.8 Å². The van der Waals surface area contributed by atoms with Crippen molar-refractivity contribution in [2.75, 3.05) is 5.32 Å². The van der Waals surface area contributed by atoms with Crippen LogP contribution in [0.1, 0.15) is 42.1 Å². The minimum atomic E-state index is -0.802. The summed E-state index contributed by atoms with van der Waals surface area (Å²) in [7, 11) is 0. The van der Waals surface area contributed by atoms with Gasteiger partial charge in [-0.15, -0.1) is 17.0 Å². The normalized spacial score (nSPS) is 26.3. The molecule has 23 heavy (non-hydrogen) atoms. The monoisotopic (exact) mass is 336 g/mol. The molecule has 4 N–H and O–H groups in total. The smallest absolute Gasteiger partial charge is 0.311 e. The van der Waals surface area contributed by atoms with Crippen LogP contribution in [-0.2, 0) is 4.74 Å². The quantitative estimate of drug-likeness (QED) is 0.325. The zero-order valence-corrected chi connectivity index (χ0v) is 13.2. The molecule has 3 heterocycles. The number of ether oxygens (including phenoxy) is 1. The summed E-state index contributed by atoms with van der Waals surface area (Å²) >= 11 is 0.872. The lowest BCUT2D eigenvalue weighted by Crippen LogP contribution is -2.44. The van der Waals surface area contributed by atoms with Crippen LogP contribution in [0.3, 0.4) is 0 Å². The van der Waals surface area contributed by atoms with Gasteiger partial charge in [0.15, 0.2) is 0 Å². The molecule has 9 nitrogen and oxygen atoms in total. The number of nitrogens with zero attached hydrogens (tertiary/aromatic N) is 3. The number of nitrogens with one attached hydrogen (secondary N) is 2. The lowest BCUT2D eigenvalue weighted by Gasteiger charge is -2.24. The van der Waals surface area contributed by atoms with E-state index in [9.17, 15) is 9.59 Å². The van der Waals surface area contributed by atoms with Crippen LogP contribution in [0.2, 0.25) is 0 Å². The van der Waals surface area contributed by atoms with E-state index in [1.807, 2.05) is 0 Å². The molecule has 0 spiro atoms. The third-order valence-corrected chi connectivity index (χ3v) is 4.61. The number of thiazole rings is 1. The number of hydrogen-bond donors (Lipinski definition) is 3. The van der Waals surface area contributed by atoms with Crippen LogP contribution in [0, 0.1) is 11.8 Å². The fraction of sp³-hybridized carbons (Fsp3) is 0.538. The van der Waals surface area contributed by atoms with E-state index in [0.717, 1.165) is 17.8 Å². The molecule has 1 unspecified atom stereocenters. The largest absolute Gasteiger partial charge is 0.354 e. The Morgan fingerprint density at radius 2 is 2.26 bits per heavy atom. The van der Waals surface area contributed by atoms with Gasteiger partial charge in [0, 0.05) is 6.42 Å². The molecule has 1 aromatic rings. The van der Waals surface area contributed by atoms with Gasteiger partial charge in [-0.3, -0.25) is 14.2 Å². The van der Waals surface area contributed by atoms with Crippen molar-refractivity contribution in [1.29, 1.82) is 0 Å². The molecule has 1 aromatic heterocycles. The Labute approximate surface area is 135 Å². The minimum Gasteiger partial charge on any atom is -0.354 e. The van der Waals surface area contributed by atoms with Gasteiger partial charge in [0.2, 0.25) is 6.29 Å². The summed E-state index contributed by atoms with van der Waals surface area (Å²) in [4.78, 5) is 24.4. The molecule has 0 aliphatic carbocycles. The Balaban J connectivity index is 1.88. The molecule has 1 amide bonds. The van der Waals surface area contributed by atoms with E-state index in [1.54, 1.807) is 6.92 Å². The number of rotatable bonds is 3. The van der Waals surface area contributed by atoms with Crippen molar-refractivity contribution >= 4 is 23.1 Å². The van der Waals surface area contributed by atoms with E-state index in [4.69, 9.17) is 10.6 Å². The van der Waals surface area contributed by atoms with Crippen LogP contribution >= 0.6 is 11.3 Å². The van der Waals surface area contributed by atoms with Gasteiger partial charge >= 0.3 is 4.87 Å². The van der Waals surface area contributed by atoms with Gasteiger partial charge in [-0.05, 0) is 19.8 Å². The van der Waals surface area contributed by atoms with E-state index < -0.39 is 12.5 Å². The van der Waals surface area contributed by atoms with Gasteiger partial charge in [-0.25, -0.2) is 0 Å². The molecule has 2 aliphatic rings. The number of fused-ring (bicyclic) bond motifs is 1. The fourth-order valence-electron chi connectivity index (χ4n) is 2.66. The maximum absolute atomic E-state index is 12.3. The first kappa shape index (κ1) is 15.5. The predicted molar refractivity (Wildman–Crippen MR) is 83.7 cm³/mol. The zero-order valence-electron chi connectivity index (χ0n) is 12.4. The van der Waals surface area contributed by atoms with E-state index in [0.29, 0.717) is 23.5 Å². The van der Waals surface area contributed by atoms with E-state index in [-0.39, 0.29) is 16.9 Å². The Kier molecular flexibility index (Phi) is 4.31. The van der Waals surface area contributed by atoms with E-state index in [2.05, 4.69) is 32.8 Å². The summed E-state index contributed by atoms with van der Waals surface area (Å²) in [6.45, 7) is 1.78. The van der Waals surface area contributed by atoms with Crippen molar-refractivity contribution in [3.63, 3.8) is 0 Å². The van der Waals surface area contributed by atoms with E-state index in [1.165, 1.54) is 4.57 Å². The van der Waals surface area contributed by atoms with Crippen LogP contribution in [-0.4, -0.2) is 22.9 Å². The van der Waals surface area contributed by atoms with E-state index >= 15 is 0 Å². The SMILES string of the molecule is CC#CC[C@@H]1CC[C@H](n2c3c(sc2=O)C(=O)NC(N=NN)N3)O1. The fourth-order valence-corrected chi connectivity index (χ4v) is 3.55. The van der Waals surface area contributed by atoms with Gasteiger partial charge in [0.1, 0.15) is 16.9 Å². The molecular weight excluding hydrogens is 320 g/mol. The standard InChI is InChI=1S/C13H16N6O3S/c1-2-3-4-7-5-6-8(22-7)19-10-9(23-13(19)21)11(20)16-12(15-10)17-18-14/h7-8,12,15H,4-6H2,1H3,(H2,14,17)(H,16,20)/t7-,8-,12?/m1/s1. The molecule has 122 valence electrons. The number of nitrogens with two attached hydrogens (primary N) is 1. The van der Waals surface area contributed by atoms with Crippen molar-refractivity contribution in [2.45, 2.75) is 44.8 Å². The molecule has 1 saturated heterocycles. The van der Waals surface area contributed by atoms with Gasteiger partial charge in [0.25, 0.3) is 5.91 Å². The molecule has 0 aromatic carbocycles. The molecule has 2 aliphatic heterocycles. The van der Waals surface area contributed by atoms with Crippen LogP contribution in [0.5, 0.6) is 0 Å². The zero-order chi connectivity index (χ0) is 16.4. The van der Waals surface area contributed by atoms with Crippen molar-refractivity contribution < 1.29 is 9.53 Å². The molecular formula is C13H16N6O3S. The molecule has 0 saturated carbocycles. The molecule has 1 fully saturated rings. The molecule has 0 radical (unpaired) electrons. The van der Waals surface area contributed by atoms with Crippen LogP contribution < -0.4 is 21.3 Å². The van der Waals surface area contributed by atoms with Crippen molar-refractivity contribution in [3.05, 3.63) is 14.5 Å². The summed E-state index contributed by atoms with van der Waals surface area (Å²) in [5.74, 6) is 10.8. The highest BCUT2D eigenvalue weighted by atomic mass is 32.1. The summed E-state index contributed by atoms with van der Waals surface area (Å²) in [5, 5.41) is 12.3. The van der Waals surface area contributed by atoms with Gasteiger partial charge in [-0.2, -0.15) is 0 Å². The second-order valence-corrected chi connectivity index (χ2v) is 6.05.